The third-order valence-corrected chi connectivity index (χ3v) is 14.1. The number of rotatable bonds is 9. The summed E-state index contributed by atoms with van der Waals surface area (Å²) in [6.07, 6.45) is 0. The SMILES string of the molecule is CC(=O)O.COc1cc[c]([Bi]([c]2ccc(OC)c(OC)c2)[c]2ccc(OC)c(OC)c2)cc1OC. The first kappa shape index (κ1) is 28.1. The molecule has 9 heteroatoms. The molecular weight excluding hydrogens is 649 g/mol. The fourth-order valence-corrected chi connectivity index (χ4v) is 12.3. The minimum absolute atomic E-state index is 0.704. The molecule has 0 fully saturated rings. The van der Waals surface area contributed by atoms with Crippen LogP contribution in [0, 0.1) is 0 Å². The van der Waals surface area contributed by atoms with Crippen molar-refractivity contribution < 1.29 is 38.3 Å². The van der Waals surface area contributed by atoms with Gasteiger partial charge in [0.15, 0.2) is 0 Å². The number of benzene rings is 3. The van der Waals surface area contributed by atoms with Crippen molar-refractivity contribution in [2.45, 2.75) is 6.92 Å². The van der Waals surface area contributed by atoms with E-state index in [2.05, 4.69) is 36.4 Å². The van der Waals surface area contributed by atoms with Gasteiger partial charge in [-0.1, -0.05) is 0 Å². The van der Waals surface area contributed by atoms with E-state index in [1.807, 2.05) is 18.2 Å². The Morgan fingerprint density at radius 1 is 0.543 bits per heavy atom. The second-order valence-corrected chi connectivity index (χ2v) is 15.6. The number of ether oxygens (including phenoxy) is 6. The topological polar surface area (TPSA) is 92.7 Å². The fourth-order valence-electron chi connectivity index (χ4n) is 3.34. The molecule has 0 unspecified atom stereocenters. The standard InChI is InChI=1S/3C8H9O2.C2H4O2.Bi/c3*1-9-7-5-3-4-6-8(7)10-2;1-2(3)4;/h3*3,5-6H,1-2H3;1H3,(H,3,4);. The van der Waals surface area contributed by atoms with E-state index in [0.29, 0.717) is 34.5 Å². The maximum atomic E-state index is 9.00. The maximum absolute atomic E-state index is 9.00. The van der Waals surface area contributed by atoms with Crippen molar-refractivity contribution >= 4 is 37.5 Å². The summed E-state index contributed by atoms with van der Waals surface area (Å²) in [5, 5.41) is 7.42. The number of hydrogen-bond acceptors (Lipinski definition) is 7. The zero-order chi connectivity index (χ0) is 26.0. The van der Waals surface area contributed by atoms with Gasteiger partial charge in [-0.25, -0.2) is 0 Å². The van der Waals surface area contributed by atoms with Gasteiger partial charge in [0.2, 0.25) is 0 Å². The van der Waals surface area contributed by atoms with Crippen LogP contribution in [0.25, 0.3) is 0 Å². The molecule has 0 spiro atoms. The van der Waals surface area contributed by atoms with Gasteiger partial charge in [-0.05, 0) is 0 Å². The summed E-state index contributed by atoms with van der Waals surface area (Å²) in [6.45, 7) is 1.08. The fraction of sp³-hybridized carbons (Fsp3) is 0.269. The molecule has 0 radical (unpaired) electrons. The van der Waals surface area contributed by atoms with Crippen molar-refractivity contribution in [3.63, 3.8) is 0 Å². The van der Waals surface area contributed by atoms with Crippen LogP contribution in [-0.2, 0) is 4.79 Å². The van der Waals surface area contributed by atoms with E-state index in [0.717, 1.165) is 6.92 Å². The summed E-state index contributed by atoms with van der Waals surface area (Å²) in [6, 6.07) is 18.4. The van der Waals surface area contributed by atoms with Crippen molar-refractivity contribution in [2.24, 2.45) is 0 Å². The molecule has 0 atom stereocenters. The van der Waals surface area contributed by atoms with Crippen LogP contribution in [0.15, 0.2) is 54.6 Å². The molecule has 0 saturated heterocycles. The molecular formula is C26H31BiO8. The molecule has 3 rings (SSSR count). The zero-order valence-electron chi connectivity index (χ0n) is 20.9. The molecule has 1 N–H and O–H groups in total. The first-order valence-electron chi connectivity index (χ1n) is 10.5. The van der Waals surface area contributed by atoms with Crippen molar-refractivity contribution in [1.82, 2.24) is 0 Å². The average molecular weight is 681 g/mol. The quantitative estimate of drug-likeness (QED) is 0.345. The molecule has 3 aromatic rings. The third-order valence-electron chi connectivity index (χ3n) is 4.88. The Kier molecular flexibility index (Phi) is 10.9. The van der Waals surface area contributed by atoms with Gasteiger partial charge < -0.3 is 5.11 Å². The van der Waals surface area contributed by atoms with E-state index in [9.17, 15) is 0 Å². The van der Waals surface area contributed by atoms with E-state index in [-0.39, 0.29) is 0 Å². The number of carboxylic acid groups (broad SMARTS) is 1. The first-order chi connectivity index (χ1) is 16.8. The summed E-state index contributed by atoms with van der Waals surface area (Å²) in [4.78, 5) is 9.00. The summed E-state index contributed by atoms with van der Waals surface area (Å²) < 4.78 is 36.7. The molecule has 0 saturated carbocycles. The van der Waals surface area contributed by atoms with Crippen LogP contribution in [0.3, 0.4) is 0 Å². The first-order valence-corrected chi connectivity index (χ1v) is 15.7. The molecule has 0 aliphatic heterocycles. The monoisotopic (exact) mass is 680 g/mol. The van der Waals surface area contributed by atoms with E-state index in [1.54, 1.807) is 42.7 Å². The second kappa shape index (κ2) is 13.6. The number of methoxy groups -OCH3 is 6. The molecule has 3 aromatic carbocycles. The summed E-state index contributed by atoms with van der Waals surface area (Å²) >= 11 is -2.78. The van der Waals surface area contributed by atoms with Crippen LogP contribution in [0.2, 0.25) is 0 Å². The molecule has 0 aliphatic rings. The Morgan fingerprint density at radius 3 is 0.971 bits per heavy atom. The van der Waals surface area contributed by atoms with Gasteiger partial charge in [0.1, 0.15) is 0 Å². The van der Waals surface area contributed by atoms with E-state index >= 15 is 0 Å². The van der Waals surface area contributed by atoms with Crippen molar-refractivity contribution in [2.75, 3.05) is 42.7 Å². The van der Waals surface area contributed by atoms with Crippen molar-refractivity contribution in [3.05, 3.63) is 54.6 Å². The van der Waals surface area contributed by atoms with Crippen LogP contribution in [0.4, 0.5) is 0 Å². The van der Waals surface area contributed by atoms with Gasteiger partial charge in [-0.15, -0.1) is 0 Å². The number of carbonyl (C=O) groups is 1. The normalized spacial score (nSPS) is 10.1. The van der Waals surface area contributed by atoms with Gasteiger partial charge in [-0.3, -0.25) is 4.79 Å². The van der Waals surface area contributed by atoms with Gasteiger partial charge in [0.25, 0.3) is 5.97 Å². The summed E-state index contributed by atoms with van der Waals surface area (Å²) in [5.41, 5.74) is 0. The van der Waals surface area contributed by atoms with Gasteiger partial charge in [0, 0.05) is 6.92 Å². The molecule has 35 heavy (non-hydrogen) atoms. The summed E-state index contributed by atoms with van der Waals surface area (Å²) in [5.74, 6) is 3.40. The second-order valence-electron chi connectivity index (χ2n) is 6.97. The van der Waals surface area contributed by atoms with E-state index in [1.165, 1.54) is 9.81 Å². The Morgan fingerprint density at radius 2 is 0.771 bits per heavy atom. The number of carboxylic acids is 1. The molecule has 0 aliphatic carbocycles. The van der Waals surface area contributed by atoms with Crippen LogP contribution in [-0.4, -0.2) is 75.5 Å². The Hall–Kier alpha value is -3.19. The van der Waals surface area contributed by atoms with Crippen LogP contribution in [0.5, 0.6) is 34.5 Å². The number of aliphatic carboxylic acids is 1. The van der Waals surface area contributed by atoms with Gasteiger partial charge in [-0.2, -0.15) is 0 Å². The summed E-state index contributed by atoms with van der Waals surface area (Å²) in [7, 11) is 9.87. The predicted molar refractivity (Wildman–Crippen MR) is 137 cm³/mol. The van der Waals surface area contributed by atoms with E-state index in [4.69, 9.17) is 38.3 Å². The predicted octanol–water partition coefficient (Wildman–Crippen LogP) is 2.35. The Labute approximate surface area is 214 Å². The van der Waals surface area contributed by atoms with Crippen molar-refractivity contribution in [1.29, 1.82) is 0 Å². The van der Waals surface area contributed by atoms with Crippen LogP contribution in [0.1, 0.15) is 6.92 Å². The third kappa shape index (κ3) is 7.15. The van der Waals surface area contributed by atoms with Crippen molar-refractivity contribution in [3.8, 4) is 34.5 Å². The molecule has 8 nitrogen and oxygen atoms in total. The Balaban J connectivity index is 0.00000100. The zero-order valence-corrected chi connectivity index (χ0v) is 24.4. The minimum atomic E-state index is -2.78. The molecule has 0 amide bonds. The Bertz CT molecular complexity index is 996. The van der Waals surface area contributed by atoms with Gasteiger partial charge >= 0.3 is 192 Å². The number of hydrogen-bond donors (Lipinski definition) is 1. The molecule has 0 bridgehead atoms. The molecule has 0 aromatic heterocycles. The van der Waals surface area contributed by atoms with Crippen LogP contribution >= 0.6 is 0 Å². The average Bonchev–Trinajstić information content (AvgIpc) is 2.88. The van der Waals surface area contributed by atoms with Gasteiger partial charge in [0.05, 0.1) is 0 Å². The molecule has 0 heterocycles. The van der Waals surface area contributed by atoms with E-state index < -0.39 is 27.7 Å². The molecule has 188 valence electrons. The van der Waals surface area contributed by atoms with Crippen LogP contribution < -0.4 is 38.2 Å².